The number of nitrogens with zero attached hydrogens (tertiary/aromatic N) is 3. The van der Waals surface area contributed by atoms with Crippen LogP contribution in [0.15, 0.2) is 30.5 Å². The number of likely N-dealkylation sites (N-methyl/N-ethyl adjacent to an activating group) is 1. The van der Waals surface area contributed by atoms with Crippen LogP contribution >= 0.6 is 11.6 Å². The SMILES string of the molecule is CCN1CCc2cnc(-c3ccc(Cl)cc3)nc2C1. The first-order valence-electron chi connectivity index (χ1n) is 6.59. The average molecular weight is 274 g/mol. The minimum Gasteiger partial charge on any atom is -0.297 e. The third-order valence-electron chi connectivity index (χ3n) is 3.57. The maximum Gasteiger partial charge on any atom is 0.159 e. The van der Waals surface area contributed by atoms with Crippen molar-refractivity contribution in [2.45, 2.75) is 19.9 Å². The summed E-state index contributed by atoms with van der Waals surface area (Å²) in [6, 6.07) is 7.67. The van der Waals surface area contributed by atoms with E-state index in [0.717, 1.165) is 48.2 Å². The highest BCUT2D eigenvalue weighted by molar-refractivity contribution is 6.30. The molecule has 0 saturated heterocycles. The van der Waals surface area contributed by atoms with Crippen molar-refractivity contribution in [3.63, 3.8) is 0 Å². The quantitative estimate of drug-likeness (QED) is 0.842. The van der Waals surface area contributed by atoms with Gasteiger partial charge in [-0.05, 0) is 42.8 Å². The van der Waals surface area contributed by atoms with Crippen LogP contribution in [-0.2, 0) is 13.0 Å². The highest BCUT2D eigenvalue weighted by atomic mass is 35.5. The lowest BCUT2D eigenvalue weighted by Gasteiger charge is -2.26. The van der Waals surface area contributed by atoms with E-state index in [1.54, 1.807) is 0 Å². The molecule has 3 nitrogen and oxygen atoms in total. The molecule has 1 aromatic carbocycles. The Balaban J connectivity index is 1.94. The Morgan fingerprint density at radius 2 is 2.05 bits per heavy atom. The van der Waals surface area contributed by atoms with E-state index in [1.807, 2.05) is 30.5 Å². The first-order valence-corrected chi connectivity index (χ1v) is 6.97. The summed E-state index contributed by atoms with van der Waals surface area (Å²) in [5.74, 6) is 0.786. The molecule has 1 aliphatic heterocycles. The third-order valence-corrected chi connectivity index (χ3v) is 3.83. The fourth-order valence-electron chi connectivity index (χ4n) is 2.37. The molecule has 98 valence electrons. The minimum atomic E-state index is 0.735. The van der Waals surface area contributed by atoms with E-state index in [4.69, 9.17) is 16.6 Å². The van der Waals surface area contributed by atoms with Crippen molar-refractivity contribution >= 4 is 11.6 Å². The molecule has 4 heteroatoms. The van der Waals surface area contributed by atoms with Crippen LogP contribution in [0.5, 0.6) is 0 Å². The molecule has 0 bridgehead atoms. The molecule has 0 aliphatic carbocycles. The zero-order valence-corrected chi connectivity index (χ0v) is 11.7. The Kier molecular flexibility index (Phi) is 3.49. The summed E-state index contributed by atoms with van der Waals surface area (Å²) < 4.78 is 0. The molecule has 0 unspecified atom stereocenters. The number of fused-ring (bicyclic) bond motifs is 1. The summed E-state index contributed by atoms with van der Waals surface area (Å²) in [4.78, 5) is 11.6. The molecule has 0 radical (unpaired) electrons. The Morgan fingerprint density at radius 3 is 2.79 bits per heavy atom. The molecule has 0 spiro atoms. The van der Waals surface area contributed by atoms with Crippen molar-refractivity contribution in [3.8, 4) is 11.4 Å². The molecule has 1 aliphatic rings. The fourth-order valence-corrected chi connectivity index (χ4v) is 2.49. The predicted molar refractivity (Wildman–Crippen MR) is 77.1 cm³/mol. The zero-order chi connectivity index (χ0) is 13.2. The summed E-state index contributed by atoms with van der Waals surface area (Å²) >= 11 is 5.90. The van der Waals surface area contributed by atoms with Gasteiger partial charge in [-0.15, -0.1) is 0 Å². The van der Waals surface area contributed by atoms with Crippen LogP contribution in [0.25, 0.3) is 11.4 Å². The largest absolute Gasteiger partial charge is 0.297 e. The standard InChI is InChI=1S/C15H16ClN3/c1-2-19-8-7-12-9-17-15(18-14(12)10-19)11-3-5-13(16)6-4-11/h3-6,9H,2,7-8,10H2,1H3. The Hall–Kier alpha value is -1.45. The molecule has 0 N–H and O–H groups in total. The Bertz CT molecular complexity index is 580. The van der Waals surface area contributed by atoms with Gasteiger partial charge in [-0.25, -0.2) is 9.97 Å². The minimum absolute atomic E-state index is 0.735. The van der Waals surface area contributed by atoms with E-state index in [-0.39, 0.29) is 0 Å². The van der Waals surface area contributed by atoms with E-state index in [9.17, 15) is 0 Å². The van der Waals surface area contributed by atoms with Gasteiger partial charge in [0, 0.05) is 29.9 Å². The fraction of sp³-hybridized carbons (Fsp3) is 0.333. The monoisotopic (exact) mass is 273 g/mol. The number of halogens is 1. The molecule has 1 aromatic heterocycles. The van der Waals surface area contributed by atoms with Crippen molar-refractivity contribution in [2.24, 2.45) is 0 Å². The number of rotatable bonds is 2. The molecule has 0 atom stereocenters. The summed E-state index contributed by atoms with van der Waals surface area (Å²) in [7, 11) is 0. The van der Waals surface area contributed by atoms with E-state index >= 15 is 0 Å². The van der Waals surface area contributed by atoms with E-state index in [1.165, 1.54) is 5.56 Å². The highest BCUT2D eigenvalue weighted by Gasteiger charge is 2.17. The first kappa shape index (κ1) is 12.6. The molecule has 19 heavy (non-hydrogen) atoms. The second-order valence-electron chi connectivity index (χ2n) is 4.79. The van der Waals surface area contributed by atoms with Gasteiger partial charge >= 0.3 is 0 Å². The molecule has 0 fully saturated rings. The van der Waals surface area contributed by atoms with Crippen LogP contribution in [0, 0.1) is 0 Å². The number of aromatic nitrogens is 2. The van der Waals surface area contributed by atoms with Crippen molar-refractivity contribution < 1.29 is 0 Å². The third kappa shape index (κ3) is 2.62. The summed E-state index contributed by atoms with van der Waals surface area (Å²) in [6.45, 7) is 5.29. The van der Waals surface area contributed by atoms with Gasteiger partial charge in [-0.2, -0.15) is 0 Å². The lowest BCUT2D eigenvalue weighted by molar-refractivity contribution is 0.263. The van der Waals surface area contributed by atoms with Gasteiger partial charge in [0.15, 0.2) is 5.82 Å². The van der Waals surface area contributed by atoms with E-state index in [2.05, 4.69) is 16.8 Å². The molecule has 2 aromatic rings. The number of hydrogen-bond acceptors (Lipinski definition) is 3. The molecule has 0 saturated carbocycles. The highest BCUT2D eigenvalue weighted by Crippen LogP contribution is 2.22. The predicted octanol–water partition coefficient (Wildman–Crippen LogP) is 3.18. The number of hydrogen-bond donors (Lipinski definition) is 0. The molecular weight excluding hydrogens is 258 g/mol. The van der Waals surface area contributed by atoms with Gasteiger partial charge in [-0.3, -0.25) is 4.90 Å². The second-order valence-corrected chi connectivity index (χ2v) is 5.23. The maximum absolute atomic E-state index is 5.90. The van der Waals surface area contributed by atoms with Crippen LogP contribution in [0.2, 0.25) is 5.02 Å². The van der Waals surface area contributed by atoms with Crippen molar-refractivity contribution in [2.75, 3.05) is 13.1 Å². The van der Waals surface area contributed by atoms with Crippen molar-refractivity contribution in [3.05, 3.63) is 46.7 Å². The Morgan fingerprint density at radius 1 is 1.26 bits per heavy atom. The van der Waals surface area contributed by atoms with Gasteiger partial charge in [0.2, 0.25) is 0 Å². The maximum atomic E-state index is 5.90. The zero-order valence-electron chi connectivity index (χ0n) is 10.9. The molecule has 2 heterocycles. The average Bonchev–Trinajstić information content (AvgIpc) is 2.47. The van der Waals surface area contributed by atoms with Gasteiger partial charge in [0.25, 0.3) is 0 Å². The van der Waals surface area contributed by atoms with Crippen molar-refractivity contribution in [1.29, 1.82) is 0 Å². The van der Waals surface area contributed by atoms with Crippen LogP contribution in [0.3, 0.4) is 0 Å². The summed E-state index contributed by atoms with van der Waals surface area (Å²) in [5, 5.41) is 0.735. The topological polar surface area (TPSA) is 29.0 Å². The van der Waals surface area contributed by atoms with Crippen LogP contribution < -0.4 is 0 Å². The molecule has 0 amide bonds. The summed E-state index contributed by atoms with van der Waals surface area (Å²) in [6.07, 6.45) is 3.02. The number of benzene rings is 1. The van der Waals surface area contributed by atoms with E-state index < -0.39 is 0 Å². The molecule has 3 rings (SSSR count). The lowest BCUT2D eigenvalue weighted by Crippen LogP contribution is -2.31. The normalized spacial score (nSPS) is 15.3. The summed E-state index contributed by atoms with van der Waals surface area (Å²) in [5.41, 5.74) is 3.45. The van der Waals surface area contributed by atoms with Gasteiger partial charge in [-0.1, -0.05) is 18.5 Å². The van der Waals surface area contributed by atoms with Crippen LogP contribution in [0.1, 0.15) is 18.2 Å². The van der Waals surface area contributed by atoms with Gasteiger partial charge < -0.3 is 0 Å². The van der Waals surface area contributed by atoms with Crippen molar-refractivity contribution in [1.82, 2.24) is 14.9 Å². The second kappa shape index (κ2) is 5.27. The van der Waals surface area contributed by atoms with Crippen LogP contribution in [0.4, 0.5) is 0 Å². The first-order chi connectivity index (χ1) is 9.26. The molecular formula is C15H16ClN3. The van der Waals surface area contributed by atoms with Gasteiger partial charge in [0.1, 0.15) is 0 Å². The Labute approximate surface area is 118 Å². The van der Waals surface area contributed by atoms with Gasteiger partial charge in [0.05, 0.1) is 5.69 Å². The van der Waals surface area contributed by atoms with Crippen LogP contribution in [-0.4, -0.2) is 28.0 Å². The smallest absolute Gasteiger partial charge is 0.159 e. The van der Waals surface area contributed by atoms with E-state index in [0.29, 0.717) is 0 Å². The lowest BCUT2D eigenvalue weighted by atomic mass is 10.1.